The van der Waals surface area contributed by atoms with Gasteiger partial charge in [0.2, 0.25) is 0 Å². The molecule has 0 saturated carbocycles. The first kappa shape index (κ1) is 24.8. The van der Waals surface area contributed by atoms with Gasteiger partial charge in [-0.2, -0.15) is 5.26 Å². The van der Waals surface area contributed by atoms with Crippen LogP contribution in [0.1, 0.15) is 12.5 Å². The van der Waals surface area contributed by atoms with Crippen LogP contribution in [0.4, 0.5) is 11.4 Å². The molecule has 1 fully saturated rings. The molecule has 0 aliphatic carbocycles. The van der Waals surface area contributed by atoms with E-state index in [1.165, 1.54) is 13.3 Å². The molecule has 5 rings (SSSR count). The molecule has 1 unspecified atom stereocenters. The second-order valence-electron chi connectivity index (χ2n) is 9.03. The lowest BCUT2D eigenvalue weighted by Gasteiger charge is -2.31. The van der Waals surface area contributed by atoms with Crippen LogP contribution >= 0.6 is 23.2 Å². The molecule has 1 atom stereocenters. The normalized spacial score (nSPS) is 15.6. The molecule has 196 valence electrons. The number of nitrogens with zero attached hydrogens (tertiary/aromatic N) is 4. The van der Waals surface area contributed by atoms with E-state index in [1.807, 2.05) is 18.2 Å². The van der Waals surface area contributed by atoms with E-state index >= 15 is 0 Å². The molecule has 0 spiro atoms. The molecule has 1 aliphatic heterocycles. The largest absolute Gasteiger partial charge is 0.496 e. The Balaban J connectivity index is 1.54. The number of furan rings is 1. The summed E-state index contributed by atoms with van der Waals surface area (Å²) >= 11 is 12.7. The summed E-state index contributed by atoms with van der Waals surface area (Å²) in [6, 6.07) is 11.0. The number of ether oxygens (including phenoxy) is 2. The molecule has 1 aliphatic rings. The van der Waals surface area contributed by atoms with E-state index in [9.17, 15) is 5.26 Å². The van der Waals surface area contributed by atoms with E-state index < -0.39 is 6.52 Å². The van der Waals surface area contributed by atoms with Gasteiger partial charge in [-0.1, -0.05) is 23.2 Å². The number of halogens is 2. The average molecular weight is 553 g/mol. The van der Waals surface area contributed by atoms with E-state index in [2.05, 4.69) is 33.2 Å². The molecule has 10 heteroatoms. The maximum absolute atomic E-state index is 9.83. The number of methoxy groups -OCH3 is 2. The van der Waals surface area contributed by atoms with Crippen molar-refractivity contribution in [3.05, 3.63) is 64.0 Å². The summed E-state index contributed by atoms with van der Waals surface area (Å²) in [4.78, 5) is 8.91. The number of nitrogens with one attached hydrogen (secondary N) is 1. The van der Waals surface area contributed by atoms with Crippen molar-refractivity contribution >= 4 is 45.5 Å². The minimum absolute atomic E-state index is 0.326. The number of nitriles is 1. The molecule has 4 aromatic rings. The standard InChI is InChI=1S/C28H27Cl2N5O3/c1-34-4-6-35(7-5-34)15-17-8-26(38-16-17)20-9-23-19(10-25(20)36-2)28(18(13-31)14-32-23)33-24-12-27(37-3)22(30)11-21(24)29/h8-12,14,16H,4-7,15H2,1-3H3,(H,32,33)/i15D. The Hall–Kier alpha value is -3.48. The average Bonchev–Trinajstić information content (AvgIpc) is 3.44. The van der Waals surface area contributed by atoms with Gasteiger partial charge in [-0.15, -0.1) is 0 Å². The summed E-state index contributed by atoms with van der Waals surface area (Å²) in [6.45, 7) is 3.00. The zero-order valence-corrected chi connectivity index (χ0v) is 22.7. The number of piperazine rings is 1. The Morgan fingerprint density at radius 3 is 2.55 bits per heavy atom. The number of pyridine rings is 1. The highest BCUT2D eigenvalue weighted by Crippen LogP contribution is 2.41. The first-order chi connectivity index (χ1) is 18.8. The summed E-state index contributed by atoms with van der Waals surface area (Å²) in [5, 5.41) is 14.5. The predicted molar refractivity (Wildman–Crippen MR) is 150 cm³/mol. The molecule has 8 nitrogen and oxygen atoms in total. The van der Waals surface area contributed by atoms with E-state index in [0.717, 1.165) is 31.7 Å². The predicted octanol–water partition coefficient (Wildman–Crippen LogP) is 6.18. The quantitative estimate of drug-likeness (QED) is 0.290. The van der Waals surface area contributed by atoms with Gasteiger partial charge in [0.25, 0.3) is 0 Å². The molecule has 0 radical (unpaired) electrons. The van der Waals surface area contributed by atoms with Gasteiger partial charge in [0.15, 0.2) is 0 Å². The number of fused-ring (bicyclic) bond motifs is 1. The lowest BCUT2D eigenvalue weighted by Crippen LogP contribution is -2.43. The molecule has 0 amide bonds. The van der Waals surface area contributed by atoms with Gasteiger partial charge in [-0.25, -0.2) is 0 Å². The van der Waals surface area contributed by atoms with Crippen molar-refractivity contribution in [2.45, 2.75) is 6.52 Å². The summed E-state index contributed by atoms with van der Waals surface area (Å²) < 4.78 is 25.7. The molecule has 1 saturated heterocycles. The minimum atomic E-state index is -0.518. The van der Waals surface area contributed by atoms with Crippen LogP contribution in [-0.2, 0) is 6.52 Å². The van der Waals surface area contributed by atoms with Gasteiger partial charge in [0.05, 0.1) is 58.5 Å². The first-order valence-corrected chi connectivity index (χ1v) is 12.7. The molecule has 0 bridgehead atoms. The van der Waals surface area contributed by atoms with Crippen molar-refractivity contribution in [1.29, 1.82) is 5.26 Å². The van der Waals surface area contributed by atoms with Gasteiger partial charge in [-0.3, -0.25) is 9.88 Å². The molecule has 2 aromatic heterocycles. The third-order valence-corrected chi connectivity index (χ3v) is 7.17. The van der Waals surface area contributed by atoms with Crippen LogP contribution in [0, 0.1) is 11.3 Å². The van der Waals surface area contributed by atoms with Crippen LogP contribution < -0.4 is 14.8 Å². The van der Waals surface area contributed by atoms with E-state index in [1.54, 1.807) is 25.5 Å². The second kappa shape index (κ2) is 11.1. The van der Waals surface area contributed by atoms with E-state index in [4.69, 9.17) is 38.5 Å². The van der Waals surface area contributed by atoms with Crippen LogP contribution in [0.5, 0.6) is 11.5 Å². The van der Waals surface area contributed by atoms with Crippen molar-refractivity contribution in [2.75, 3.05) is 52.8 Å². The highest BCUT2D eigenvalue weighted by Gasteiger charge is 2.20. The first-order valence-electron chi connectivity index (χ1n) is 12.5. The second-order valence-corrected chi connectivity index (χ2v) is 9.85. The minimum Gasteiger partial charge on any atom is -0.496 e. The van der Waals surface area contributed by atoms with Crippen molar-refractivity contribution in [3.8, 4) is 28.9 Å². The van der Waals surface area contributed by atoms with Gasteiger partial charge < -0.3 is 24.1 Å². The Morgan fingerprint density at radius 1 is 1.08 bits per heavy atom. The lowest BCUT2D eigenvalue weighted by molar-refractivity contribution is 0.148. The molecular weight excluding hydrogens is 525 g/mol. The Morgan fingerprint density at radius 2 is 1.84 bits per heavy atom. The zero-order valence-electron chi connectivity index (χ0n) is 22.2. The third-order valence-electron chi connectivity index (χ3n) is 6.57. The van der Waals surface area contributed by atoms with Crippen LogP contribution in [0.2, 0.25) is 10.0 Å². The number of aromatic nitrogens is 1. The van der Waals surface area contributed by atoms with E-state index in [0.29, 0.717) is 60.7 Å². The van der Waals surface area contributed by atoms with Gasteiger partial charge in [0, 0.05) is 57.3 Å². The van der Waals surface area contributed by atoms with Crippen molar-refractivity contribution < 1.29 is 15.3 Å². The SMILES string of the molecule is [2H]C(c1coc(-c2cc3ncc(C#N)c(Nc4cc(OC)c(Cl)cc4Cl)c3cc2OC)c1)N1CCN(C)CC1. The fourth-order valence-electron chi connectivity index (χ4n) is 4.44. The number of likely N-dealkylation sites (N-methyl/N-ethyl adjacent to an activating group) is 1. The highest BCUT2D eigenvalue weighted by molar-refractivity contribution is 6.37. The molecule has 1 N–H and O–H groups in total. The zero-order chi connectivity index (χ0) is 27.7. The Kier molecular flexibility index (Phi) is 7.25. The van der Waals surface area contributed by atoms with Gasteiger partial charge in [0.1, 0.15) is 23.3 Å². The summed E-state index contributed by atoms with van der Waals surface area (Å²) in [5.74, 6) is 1.55. The van der Waals surface area contributed by atoms with Crippen LogP contribution in [0.25, 0.3) is 22.2 Å². The monoisotopic (exact) mass is 552 g/mol. The van der Waals surface area contributed by atoms with Gasteiger partial charge >= 0.3 is 0 Å². The van der Waals surface area contributed by atoms with Crippen molar-refractivity contribution in [1.82, 2.24) is 14.8 Å². The maximum atomic E-state index is 9.83. The fraction of sp³-hybridized carbons (Fsp3) is 0.286. The van der Waals surface area contributed by atoms with Crippen LogP contribution in [-0.4, -0.2) is 62.2 Å². The topological polar surface area (TPSA) is 86.8 Å². The number of hydrogen-bond donors (Lipinski definition) is 1. The van der Waals surface area contributed by atoms with Gasteiger partial charge in [-0.05, 0) is 31.3 Å². The Bertz CT molecular complexity index is 1560. The number of anilines is 2. The Labute approximate surface area is 232 Å². The van der Waals surface area contributed by atoms with Crippen LogP contribution in [0.15, 0.2) is 47.2 Å². The molecular formula is C28H27Cl2N5O3. The fourth-order valence-corrected chi connectivity index (χ4v) is 4.95. The van der Waals surface area contributed by atoms with Crippen molar-refractivity contribution in [2.24, 2.45) is 0 Å². The maximum Gasteiger partial charge on any atom is 0.139 e. The molecule has 2 aromatic carbocycles. The molecule has 38 heavy (non-hydrogen) atoms. The summed E-state index contributed by atoms with van der Waals surface area (Å²) in [5.41, 5.74) is 3.44. The lowest BCUT2D eigenvalue weighted by atomic mass is 10.0. The number of hydrogen-bond acceptors (Lipinski definition) is 8. The van der Waals surface area contributed by atoms with Crippen molar-refractivity contribution in [3.63, 3.8) is 0 Å². The van der Waals surface area contributed by atoms with E-state index in [-0.39, 0.29) is 0 Å². The third kappa shape index (κ3) is 5.24. The summed E-state index contributed by atoms with van der Waals surface area (Å²) in [6.07, 6.45) is 3.13. The summed E-state index contributed by atoms with van der Waals surface area (Å²) in [7, 11) is 5.18. The number of rotatable bonds is 7. The number of benzene rings is 2. The highest BCUT2D eigenvalue weighted by atomic mass is 35.5. The van der Waals surface area contributed by atoms with Crippen LogP contribution in [0.3, 0.4) is 0 Å². The molecule has 3 heterocycles. The smallest absolute Gasteiger partial charge is 0.139 e.